The second kappa shape index (κ2) is 7.13. The van der Waals surface area contributed by atoms with E-state index in [-0.39, 0.29) is 0 Å². The minimum atomic E-state index is 0.588. The largest absolute Gasteiger partial charge is 0.441 e. The molecule has 0 N–H and O–H groups in total. The first-order valence-electron chi connectivity index (χ1n) is 7.94. The van der Waals surface area contributed by atoms with Gasteiger partial charge in [0.1, 0.15) is 5.76 Å². The summed E-state index contributed by atoms with van der Waals surface area (Å²) in [6, 6.07) is 2.63. The topological polar surface area (TPSA) is 29.3 Å². The monoisotopic (exact) mass is 314 g/mol. The van der Waals surface area contributed by atoms with E-state index in [4.69, 9.17) is 15.8 Å². The van der Waals surface area contributed by atoms with E-state index in [0.29, 0.717) is 12.6 Å². The van der Waals surface area contributed by atoms with Crippen molar-refractivity contribution in [3.05, 3.63) is 28.3 Å². The van der Waals surface area contributed by atoms with Crippen LogP contribution in [0.25, 0.3) is 11.5 Å². The van der Waals surface area contributed by atoms with Gasteiger partial charge in [0, 0.05) is 23.5 Å². The van der Waals surface area contributed by atoms with E-state index in [2.05, 4.69) is 16.2 Å². The van der Waals surface area contributed by atoms with Crippen LogP contribution in [0.1, 0.15) is 43.6 Å². The second-order valence-corrected chi connectivity index (χ2v) is 6.71. The Morgan fingerprint density at radius 1 is 1.41 bits per heavy atom. The highest BCUT2D eigenvalue weighted by atomic mass is 32.1. The number of thiophene rings is 1. The van der Waals surface area contributed by atoms with Gasteiger partial charge in [0.05, 0.1) is 12.2 Å². The fourth-order valence-corrected chi connectivity index (χ4v) is 3.78. The summed E-state index contributed by atoms with van der Waals surface area (Å²) in [6.07, 6.45) is 12.0. The molecule has 116 valence electrons. The van der Waals surface area contributed by atoms with Crippen molar-refractivity contribution in [2.45, 2.75) is 51.6 Å². The molecule has 3 rings (SSSR count). The molecule has 1 aliphatic carbocycles. The lowest BCUT2D eigenvalue weighted by atomic mass is 9.94. The molecule has 0 bridgehead atoms. The molecule has 0 amide bonds. The van der Waals surface area contributed by atoms with Crippen molar-refractivity contribution in [1.29, 1.82) is 0 Å². The number of oxazole rings is 1. The van der Waals surface area contributed by atoms with Gasteiger partial charge in [0.25, 0.3) is 0 Å². The first-order chi connectivity index (χ1) is 10.8. The summed E-state index contributed by atoms with van der Waals surface area (Å²) >= 11 is 1.66. The normalized spacial score (nSPS) is 16.0. The van der Waals surface area contributed by atoms with Crippen molar-refractivity contribution < 1.29 is 4.42 Å². The van der Waals surface area contributed by atoms with Crippen LogP contribution in [0.5, 0.6) is 0 Å². The summed E-state index contributed by atoms with van der Waals surface area (Å²) in [7, 11) is 0. The van der Waals surface area contributed by atoms with Crippen LogP contribution in [0.2, 0.25) is 0 Å². The fourth-order valence-electron chi connectivity index (χ4n) is 3.15. The van der Waals surface area contributed by atoms with Crippen LogP contribution in [0.3, 0.4) is 0 Å². The van der Waals surface area contributed by atoms with Crippen LogP contribution in [0, 0.1) is 19.3 Å². The van der Waals surface area contributed by atoms with Crippen molar-refractivity contribution in [2.24, 2.45) is 0 Å². The van der Waals surface area contributed by atoms with Crippen molar-refractivity contribution >= 4 is 11.3 Å². The first-order valence-corrected chi connectivity index (χ1v) is 8.88. The number of rotatable bonds is 5. The molecule has 0 radical (unpaired) electrons. The summed E-state index contributed by atoms with van der Waals surface area (Å²) in [6.45, 7) is 3.46. The van der Waals surface area contributed by atoms with Gasteiger partial charge in [-0.1, -0.05) is 25.2 Å². The van der Waals surface area contributed by atoms with Crippen LogP contribution < -0.4 is 0 Å². The van der Waals surface area contributed by atoms with Crippen LogP contribution in [-0.4, -0.2) is 22.5 Å². The molecular weight excluding hydrogens is 292 g/mol. The minimum Gasteiger partial charge on any atom is -0.441 e. The third-order valence-electron chi connectivity index (χ3n) is 4.40. The molecule has 2 heterocycles. The van der Waals surface area contributed by atoms with Crippen LogP contribution in [0.15, 0.2) is 21.2 Å². The smallest absolute Gasteiger partial charge is 0.227 e. The lowest BCUT2D eigenvalue weighted by Crippen LogP contribution is -2.36. The molecule has 0 saturated heterocycles. The molecule has 1 aliphatic rings. The van der Waals surface area contributed by atoms with E-state index in [1.807, 2.05) is 18.4 Å². The molecule has 3 nitrogen and oxygen atoms in total. The third-order valence-corrected chi connectivity index (χ3v) is 5.08. The Morgan fingerprint density at radius 2 is 2.23 bits per heavy atom. The van der Waals surface area contributed by atoms with E-state index in [9.17, 15) is 0 Å². The van der Waals surface area contributed by atoms with Crippen molar-refractivity contribution in [2.75, 3.05) is 6.54 Å². The number of aromatic nitrogens is 1. The lowest BCUT2D eigenvalue weighted by molar-refractivity contribution is 0.165. The Kier molecular flexibility index (Phi) is 4.97. The Balaban J connectivity index is 1.76. The molecule has 22 heavy (non-hydrogen) atoms. The summed E-state index contributed by atoms with van der Waals surface area (Å²) < 4.78 is 5.84. The predicted molar refractivity (Wildman–Crippen MR) is 90.7 cm³/mol. The molecule has 0 spiro atoms. The van der Waals surface area contributed by atoms with Gasteiger partial charge < -0.3 is 4.42 Å². The highest BCUT2D eigenvalue weighted by Crippen LogP contribution is 2.27. The molecular formula is C18H22N2OS. The summed E-state index contributed by atoms with van der Waals surface area (Å²) in [5.74, 6) is 4.43. The molecule has 0 atom stereocenters. The van der Waals surface area contributed by atoms with Gasteiger partial charge in [-0.15, -0.1) is 6.42 Å². The van der Waals surface area contributed by atoms with Gasteiger partial charge >= 0.3 is 0 Å². The summed E-state index contributed by atoms with van der Waals surface area (Å²) in [5, 5.41) is 4.11. The Morgan fingerprint density at radius 3 is 2.91 bits per heavy atom. The van der Waals surface area contributed by atoms with E-state index < -0.39 is 0 Å². The van der Waals surface area contributed by atoms with E-state index in [0.717, 1.165) is 29.5 Å². The zero-order valence-corrected chi connectivity index (χ0v) is 13.9. The Hall–Kier alpha value is -1.57. The molecule has 2 aromatic heterocycles. The quantitative estimate of drug-likeness (QED) is 0.762. The van der Waals surface area contributed by atoms with Crippen molar-refractivity contribution in [1.82, 2.24) is 9.88 Å². The number of nitrogens with zero attached hydrogens (tertiary/aromatic N) is 2. The average Bonchev–Trinajstić information content (AvgIpc) is 3.18. The van der Waals surface area contributed by atoms with Gasteiger partial charge in [-0.05, 0) is 31.2 Å². The average molecular weight is 314 g/mol. The molecule has 1 fully saturated rings. The van der Waals surface area contributed by atoms with Gasteiger partial charge in [-0.25, -0.2) is 4.98 Å². The second-order valence-electron chi connectivity index (χ2n) is 5.93. The highest BCUT2D eigenvalue weighted by Gasteiger charge is 2.23. The zero-order valence-electron chi connectivity index (χ0n) is 13.0. The van der Waals surface area contributed by atoms with Crippen LogP contribution >= 0.6 is 11.3 Å². The zero-order chi connectivity index (χ0) is 15.4. The Bertz CT molecular complexity index is 633. The maximum atomic E-state index is 5.84. The molecule has 1 saturated carbocycles. The lowest BCUT2D eigenvalue weighted by Gasteiger charge is -2.32. The maximum Gasteiger partial charge on any atom is 0.227 e. The molecule has 0 unspecified atom stereocenters. The summed E-state index contributed by atoms with van der Waals surface area (Å²) in [5.41, 5.74) is 2.07. The number of hydrogen-bond acceptors (Lipinski definition) is 4. The third kappa shape index (κ3) is 3.43. The van der Waals surface area contributed by atoms with Crippen molar-refractivity contribution in [3.8, 4) is 23.8 Å². The van der Waals surface area contributed by atoms with Gasteiger partial charge in [-0.2, -0.15) is 11.3 Å². The first kappa shape index (κ1) is 15.3. The van der Waals surface area contributed by atoms with Crippen molar-refractivity contribution in [3.63, 3.8) is 0 Å². The number of aryl methyl sites for hydroxylation is 1. The molecule has 2 aromatic rings. The van der Waals surface area contributed by atoms with E-state index in [1.165, 1.54) is 32.1 Å². The van der Waals surface area contributed by atoms with Gasteiger partial charge in [0.2, 0.25) is 5.89 Å². The number of hydrogen-bond donors (Lipinski definition) is 0. The maximum absolute atomic E-state index is 5.84. The Labute approximate surface area is 136 Å². The van der Waals surface area contributed by atoms with E-state index in [1.54, 1.807) is 11.3 Å². The minimum absolute atomic E-state index is 0.588. The SMILES string of the molecule is C#CCN(Cc1nc(-c2ccsc2)oc1C)C1CCCCC1. The molecule has 0 aliphatic heterocycles. The highest BCUT2D eigenvalue weighted by molar-refractivity contribution is 7.08. The fraction of sp³-hybridized carbons (Fsp3) is 0.500. The van der Waals surface area contributed by atoms with Crippen LogP contribution in [0.4, 0.5) is 0 Å². The van der Waals surface area contributed by atoms with E-state index >= 15 is 0 Å². The van der Waals surface area contributed by atoms with Gasteiger partial charge in [0.15, 0.2) is 0 Å². The molecule has 0 aromatic carbocycles. The number of terminal acetylenes is 1. The molecule has 4 heteroatoms. The standard InChI is InChI=1S/C18H22N2OS/c1-3-10-20(16-7-5-4-6-8-16)12-17-14(2)21-18(19-17)15-9-11-22-13-15/h1,9,11,13,16H,4-8,10,12H2,2H3. The van der Waals surface area contributed by atoms with Crippen LogP contribution in [-0.2, 0) is 6.54 Å². The van der Waals surface area contributed by atoms with Gasteiger partial charge in [-0.3, -0.25) is 4.90 Å². The summed E-state index contributed by atoms with van der Waals surface area (Å²) in [4.78, 5) is 7.09. The predicted octanol–water partition coefficient (Wildman–Crippen LogP) is 4.48.